The first kappa shape index (κ1) is 24.8. The molecule has 1 aromatic carbocycles. The molecule has 0 unspecified atom stereocenters. The number of aromatic nitrogens is 2. The van der Waals surface area contributed by atoms with E-state index in [2.05, 4.69) is 34.9 Å². The van der Waals surface area contributed by atoms with E-state index in [1.165, 1.54) is 0 Å². The number of amides is 1. The van der Waals surface area contributed by atoms with E-state index in [-0.39, 0.29) is 30.6 Å². The van der Waals surface area contributed by atoms with Crippen LogP contribution in [0.4, 0.5) is 0 Å². The van der Waals surface area contributed by atoms with Crippen molar-refractivity contribution in [1.29, 1.82) is 0 Å². The number of carbonyl (C=O) groups excluding carboxylic acids is 1. The highest BCUT2D eigenvalue weighted by Gasteiger charge is 2.34. The highest BCUT2D eigenvalue weighted by molar-refractivity contribution is 5.98. The van der Waals surface area contributed by atoms with Crippen LogP contribution in [0.25, 0.3) is 11.1 Å². The maximum absolute atomic E-state index is 13.7. The summed E-state index contributed by atoms with van der Waals surface area (Å²) < 4.78 is 6.43. The second-order valence-electron chi connectivity index (χ2n) is 9.57. The zero-order chi connectivity index (χ0) is 24.9. The van der Waals surface area contributed by atoms with Gasteiger partial charge in [0.2, 0.25) is 5.88 Å². The first-order valence-corrected chi connectivity index (χ1v) is 12.1. The zero-order valence-electron chi connectivity index (χ0n) is 20.9. The summed E-state index contributed by atoms with van der Waals surface area (Å²) in [6.07, 6.45) is 5.22. The Morgan fingerprint density at radius 3 is 2.71 bits per heavy atom. The summed E-state index contributed by atoms with van der Waals surface area (Å²) in [6, 6.07) is 13.6. The van der Waals surface area contributed by atoms with Gasteiger partial charge in [0.25, 0.3) is 5.91 Å². The van der Waals surface area contributed by atoms with E-state index in [0.29, 0.717) is 24.5 Å². The Kier molecular flexibility index (Phi) is 7.78. The number of benzene rings is 1. The van der Waals surface area contributed by atoms with Crippen molar-refractivity contribution in [3.8, 4) is 17.0 Å². The van der Waals surface area contributed by atoms with Gasteiger partial charge in [0.15, 0.2) is 0 Å². The summed E-state index contributed by atoms with van der Waals surface area (Å²) in [4.78, 5) is 26.4. The van der Waals surface area contributed by atoms with Crippen LogP contribution in [0.5, 0.6) is 5.88 Å². The van der Waals surface area contributed by atoms with Crippen molar-refractivity contribution in [3.63, 3.8) is 0 Å². The van der Waals surface area contributed by atoms with Gasteiger partial charge in [0.05, 0.1) is 12.6 Å². The van der Waals surface area contributed by atoms with Crippen LogP contribution in [-0.2, 0) is 6.54 Å². The van der Waals surface area contributed by atoms with Crippen LogP contribution in [-0.4, -0.2) is 69.7 Å². The van der Waals surface area contributed by atoms with Gasteiger partial charge in [-0.1, -0.05) is 37.3 Å². The summed E-state index contributed by atoms with van der Waals surface area (Å²) >= 11 is 0. The number of aliphatic hydroxyl groups excluding tert-OH is 1. The average Bonchev–Trinajstić information content (AvgIpc) is 2.86. The molecule has 7 nitrogen and oxygen atoms in total. The van der Waals surface area contributed by atoms with Gasteiger partial charge in [-0.2, -0.15) is 0 Å². The third kappa shape index (κ3) is 5.69. The van der Waals surface area contributed by atoms with Crippen LogP contribution in [0.1, 0.15) is 35.3 Å². The second-order valence-corrected chi connectivity index (χ2v) is 9.57. The fraction of sp³-hybridized carbons (Fsp3) is 0.393. The Bertz CT molecular complexity index is 1150. The number of aryl methyl sites for hydroxylation is 1. The molecule has 7 heteroatoms. The van der Waals surface area contributed by atoms with Gasteiger partial charge < -0.3 is 14.7 Å². The van der Waals surface area contributed by atoms with Gasteiger partial charge >= 0.3 is 0 Å². The van der Waals surface area contributed by atoms with Crippen molar-refractivity contribution in [2.45, 2.75) is 39.5 Å². The summed E-state index contributed by atoms with van der Waals surface area (Å²) in [5.41, 5.74) is 4.56. The minimum absolute atomic E-state index is 0.0373. The van der Waals surface area contributed by atoms with Crippen LogP contribution in [0, 0.1) is 12.8 Å². The summed E-state index contributed by atoms with van der Waals surface area (Å²) in [5, 5.41) is 9.89. The third-order valence-electron chi connectivity index (χ3n) is 6.64. The number of carbonyl (C=O) groups is 1. The molecule has 1 amide bonds. The Hall–Kier alpha value is -3.29. The first-order valence-electron chi connectivity index (χ1n) is 12.1. The minimum Gasteiger partial charge on any atom is -0.472 e. The number of hydrogen-bond acceptors (Lipinski definition) is 6. The zero-order valence-corrected chi connectivity index (χ0v) is 20.9. The number of ether oxygens (including phenoxy) is 1. The predicted octanol–water partition coefficient (Wildman–Crippen LogP) is 3.80. The van der Waals surface area contributed by atoms with Gasteiger partial charge in [-0.15, -0.1) is 0 Å². The normalized spacial score (nSPS) is 19.0. The molecule has 0 saturated heterocycles. The topological polar surface area (TPSA) is 78.8 Å². The monoisotopic (exact) mass is 474 g/mol. The van der Waals surface area contributed by atoms with Crippen LogP contribution >= 0.6 is 0 Å². The van der Waals surface area contributed by atoms with Crippen molar-refractivity contribution < 1.29 is 14.6 Å². The molecular weight excluding hydrogens is 440 g/mol. The van der Waals surface area contributed by atoms with E-state index in [1.54, 1.807) is 17.3 Å². The molecule has 4 rings (SSSR count). The Balaban J connectivity index is 1.67. The lowest BCUT2D eigenvalue weighted by Gasteiger charge is -2.37. The van der Waals surface area contributed by atoms with Crippen LogP contribution in [0.15, 0.2) is 61.1 Å². The quantitative estimate of drug-likeness (QED) is 0.561. The highest BCUT2D eigenvalue weighted by atomic mass is 16.5. The maximum atomic E-state index is 13.7. The number of rotatable bonds is 7. The van der Waals surface area contributed by atoms with Crippen molar-refractivity contribution in [1.82, 2.24) is 19.8 Å². The molecule has 35 heavy (non-hydrogen) atoms. The molecule has 2 aromatic heterocycles. The molecule has 1 aliphatic rings. The van der Waals surface area contributed by atoms with Crippen LogP contribution in [0.2, 0.25) is 0 Å². The summed E-state index contributed by atoms with van der Waals surface area (Å²) in [5.74, 6) is 0.211. The molecule has 0 radical (unpaired) electrons. The molecular formula is C28H34N4O3. The molecule has 3 atom stereocenters. The lowest BCUT2D eigenvalue weighted by Crippen LogP contribution is -2.49. The third-order valence-corrected chi connectivity index (χ3v) is 6.64. The Morgan fingerprint density at radius 1 is 1.20 bits per heavy atom. The molecule has 1 N–H and O–H groups in total. The number of nitrogens with zero attached hydrogens (tertiary/aromatic N) is 4. The fourth-order valence-corrected chi connectivity index (χ4v) is 4.54. The minimum atomic E-state index is -0.313. The van der Waals surface area contributed by atoms with E-state index in [4.69, 9.17) is 4.74 Å². The van der Waals surface area contributed by atoms with Gasteiger partial charge in [-0.25, -0.2) is 4.98 Å². The smallest absolute Gasteiger partial charge is 0.259 e. The molecule has 0 spiro atoms. The second kappa shape index (κ2) is 11.0. The Labute approximate surface area is 207 Å². The molecule has 0 bridgehead atoms. The maximum Gasteiger partial charge on any atom is 0.259 e. The van der Waals surface area contributed by atoms with E-state index in [9.17, 15) is 9.90 Å². The number of fused-ring (bicyclic) bond motifs is 1. The van der Waals surface area contributed by atoms with Crippen molar-refractivity contribution in [2.24, 2.45) is 5.92 Å². The number of pyridine rings is 2. The molecule has 0 aliphatic carbocycles. The lowest BCUT2D eigenvalue weighted by molar-refractivity contribution is 0.0325. The van der Waals surface area contributed by atoms with Gasteiger partial charge in [0.1, 0.15) is 11.7 Å². The van der Waals surface area contributed by atoms with Gasteiger partial charge in [-0.05, 0) is 49.7 Å². The fourth-order valence-electron chi connectivity index (χ4n) is 4.54. The largest absolute Gasteiger partial charge is 0.472 e. The van der Waals surface area contributed by atoms with E-state index in [1.807, 2.05) is 56.4 Å². The van der Waals surface area contributed by atoms with Crippen molar-refractivity contribution >= 4 is 5.91 Å². The number of aliphatic hydroxyl groups is 1. The highest BCUT2D eigenvalue weighted by Crippen LogP contribution is 2.31. The lowest BCUT2D eigenvalue weighted by atomic mass is 9.98. The van der Waals surface area contributed by atoms with Crippen molar-refractivity contribution in [2.75, 3.05) is 26.7 Å². The van der Waals surface area contributed by atoms with Gasteiger partial charge in [0, 0.05) is 49.7 Å². The summed E-state index contributed by atoms with van der Waals surface area (Å²) in [6.45, 7) is 7.77. The average molecular weight is 475 g/mol. The number of likely N-dealkylation sites (N-methyl/N-ethyl adjacent to an activating group) is 1. The molecule has 184 valence electrons. The van der Waals surface area contributed by atoms with Gasteiger partial charge in [-0.3, -0.25) is 14.7 Å². The number of hydrogen-bond donors (Lipinski definition) is 1. The molecule has 3 heterocycles. The molecule has 0 fully saturated rings. The molecule has 1 aliphatic heterocycles. The van der Waals surface area contributed by atoms with E-state index in [0.717, 1.165) is 28.8 Å². The molecule has 0 saturated carbocycles. The van der Waals surface area contributed by atoms with Crippen LogP contribution < -0.4 is 4.74 Å². The Morgan fingerprint density at radius 2 is 2.00 bits per heavy atom. The van der Waals surface area contributed by atoms with E-state index < -0.39 is 0 Å². The van der Waals surface area contributed by atoms with Crippen LogP contribution in [0.3, 0.4) is 0 Å². The predicted molar refractivity (Wildman–Crippen MR) is 136 cm³/mol. The standard InChI is InChI=1S/C28H34N4O3/c1-19-8-5-6-10-24(19)23-12-25-27(30-14-23)35-26(17-31(4)16-22-9-7-11-29-13-22)20(2)15-32(28(25)34)21(3)18-33/h5-14,20-21,26,33H,15-18H2,1-4H3/t20-,21+,26+/m0/s1. The summed E-state index contributed by atoms with van der Waals surface area (Å²) in [7, 11) is 2.05. The first-order chi connectivity index (χ1) is 16.9. The SMILES string of the molecule is Cc1ccccc1-c1cnc2c(c1)C(=O)N([C@H](C)CO)C[C@H](C)[C@@H](CN(C)Cc1cccnc1)O2. The van der Waals surface area contributed by atoms with E-state index >= 15 is 0 Å². The van der Waals surface area contributed by atoms with Crippen molar-refractivity contribution in [3.05, 3.63) is 77.7 Å². The molecule has 3 aromatic rings.